The van der Waals surface area contributed by atoms with Crippen LogP contribution in [0.2, 0.25) is 0 Å². The molecule has 0 bridgehead atoms. The maximum absolute atomic E-state index is 4.64. The first-order valence-electron chi connectivity index (χ1n) is 6.33. The Morgan fingerprint density at radius 1 is 0.778 bits per heavy atom. The molecule has 0 aliphatic carbocycles. The highest BCUT2D eigenvalue weighted by Crippen LogP contribution is 2.24. The fourth-order valence-electron chi connectivity index (χ4n) is 1.70. The number of hydrogen-bond acceptors (Lipinski definition) is 3. The molecule has 2 aromatic heterocycles. The largest absolute Gasteiger partial charge is 0.249 e. The number of rotatable bonds is 0. The van der Waals surface area contributed by atoms with Gasteiger partial charge in [-0.25, -0.2) is 15.0 Å². The van der Waals surface area contributed by atoms with Gasteiger partial charge in [0.25, 0.3) is 0 Å². The number of fused-ring (bicyclic) bond motifs is 1. The van der Waals surface area contributed by atoms with Gasteiger partial charge in [-0.15, -0.1) is 0 Å². The van der Waals surface area contributed by atoms with Crippen molar-refractivity contribution in [2.75, 3.05) is 0 Å². The second kappa shape index (κ2) is 4.01. The molecule has 3 heteroatoms. The lowest BCUT2D eigenvalue weighted by atomic mass is 9.91. The van der Waals surface area contributed by atoms with E-state index in [2.05, 4.69) is 62.6 Å². The maximum Gasteiger partial charge on any atom is 0.134 e. The maximum atomic E-state index is 4.64. The van der Waals surface area contributed by atoms with E-state index in [4.69, 9.17) is 0 Å². The summed E-state index contributed by atoms with van der Waals surface area (Å²) in [6, 6.07) is 4.10. The molecule has 0 unspecified atom stereocenters. The molecule has 0 saturated carbocycles. The number of nitrogens with zero attached hydrogens (tertiary/aromatic N) is 3. The van der Waals surface area contributed by atoms with E-state index < -0.39 is 0 Å². The molecule has 18 heavy (non-hydrogen) atoms. The van der Waals surface area contributed by atoms with Crippen molar-refractivity contribution in [2.24, 2.45) is 0 Å². The third-order valence-corrected chi connectivity index (χ3v) is 2.88. The topological polar surface area (TPSA) is 38.7 Å². The molecule has 0 aliphatic rings. The van der Waals surface area contributed by atoms with E-state index in [-0.39, 0.29) is 10.8 Å². The first-order chi connectivity index (χ1) is 8.18. The monoisotopic (exact) mass is 243 g/mol. The van der Waals surface area contributed by atoms with Crippen molar-refractivity contribution < 1.29 is 0 Å². The van der Waals surface area contributed by atoms with Crippen LogP contribution in [0.1, 0.15) is 53.1 Å². The van der Waals surface area contributed by atoms with Crippen molar-refractivity contribution in [3.63, 3.8) is 0 Å². The predicted octanol–water partition coefficient (Wildman–Crippen LogP) is 3.62. The third-order valence-electron chi connectivity index (χ3n) is 2.88. The highest BCUT2D eigenvalue weighted by Gasteiger charge is 2.19. The van der Waals surface area contributed by atoms with Gasteiger partial charge in [-0.3, -0.25) is 0 Å². The third kappa shape index (κ3) is 2.50. The van der Waals surface area contributed by atoms with Crippen LogP contribution in [0.15, 0.2) is 18.3 Å². The van der Waals surface area contributed by atoms with Crippen LogP contribution in [0, 0.1) is 0 Å². The van der Waals surface area contributed by atoms with E-state index in [1.54, 1.807) is 0 Å². The Labute approximate surface area is 109 Å². The SMILES string of the molecule is CC(C)(C)c1ccc2nc(C(C)(C)C)ncc2n1. The molecule has 0 aromatic carbocycles. The Balaban J connectivity index is 2.56. The van der Waals surface area contributed by atoms with Crippen LogP contribution in [0.5, 0.6) is 0 Å². The fraction of sp³-hybridized carbons (Fsp3) is 0.533. The molecule has 2 heterocycles. The van der Waals surface area contributed by atoms with Gasteiger partial charge in [0, 0.05) is 16.5 Å². The van der Waals surface area contributed by atoms with E-state index in [9.17, 15) is 0 Å². The molecule has 2 rings (SSSR count). The predicted molar refractivity (Wildman–Crippen MR) is 74.7 cm³/mol. The Kier molecular flexibility index (Phi) is 2.88. The van der Waals surface area contributed by atoms with Crippen LogP contribution in [0.3, 0.4) is 0 Å². The van der Waals surface area contributed by atoms with Crippen molar-refractivity contribution in [3.8, 4) is 0 Å². The van der Waals surface area contributed by atoms with Crippen molar-refractivity contribution in [3.05, 3.63) is 29.8 Å². The molecular weight excluding hydrogens is 222 g/mol. The van der Waals surface area contributed by atoms with E-state index in [0.717, 1.165) is 22.6 Å². The van der Waals surface area contributed by atoms with E-state index >= 15 is 0 Å². The lowest BCUT2D eigenvalue weighted by Gasteiger charge is -2.19. The van der Waals surface area contributed by atoms with Gasteiger partial charge in [0.2, 0.25) is 0 Å². The lowest BCUT2D eigenvalue weighted by molar-refractivity contribution is 0.547. The fourth-order valence-corrected chi connectivity index (χ4v) is 1.70. The van der Waals surface area contributed by atoms with E-state index in [1.807, 2.05) is 12.3 Å². The summed E-state index contributed by atoms with van der Waals surface area (Å²) in [5.41, 5.74) is 2.88. The molecule has 0 amide bonds. The van der Waals surface area contributed by atoms with Gasteiger partial charge in [-0.2, -0.15) is 0 Å². The normalized spacial score (nSPS) is 13.0. The van der Waals surface area contributed by atoms with Gasteiger partial charge < -0.3 is 0 Å². The molecule has 0 spiro atoms. The van der Waals surface area contributed by atoms with Crippen molar-refractivity contribution in [1.82, 2.24) is 15.0 Å². The van der Waals surface area contributed by atoms with Crippen LogP contribution in [-0.4, -0.2) is 15.0 Å². The molecule has 0 fully saturated rings. The summed E-state index contributed by atoms with van der Waals surface area (Å²) < 4.78 is 0. The Morgan fingerprint density at radius 3 is 2.00 bits per heavy atom. The zero-order valence-electron chi connectivity index (χ0n) is 12.1. The molecule has 96 valence electrons. The standard InChI is InChI=1S/C15H21N3/c1-14(2,3)12-8-7-10-11(17-12)9-16-13(18-10)15(4,5)6/h7-9H,1-6H3. The number of aromatic nitrogens is 3. The highest BCUT2D eigenvalue weighted by atomic mass is 14.9. The average Bonchev–Trinajstić information content (AvgIpc) is 2.25. The smallest absolute Gasteiger partial charge is 0.134 e. The summed E-state index contributed by atoms with van der Waals surface area (Å²) in [6.07, 6.45) is 1.83. The Morgan fingerprint density at radius 2 is 1.44 bits per heavy atom. The molecule has 2 aromatic rings. The highest BCUT2D eigenvalue weighted by molar-refractivity contribution is 5.73. The van der Waals surface area contributed by atoms with Crippen molar-refractivity contribution in [1.29, 1.82) is 0 Å². The van der Waals surface area contributed by atoms with E-state index in [0.29, 0.717) is 0 Å². The lowest BCUT2D eigenvalue weighted by Crippen LogP contribution is -2.17. The zero-order chi connectivity index (χ0) is 13.6. The quantitative estimate of drug-likeness (QED) is 0.709. The first-order valence-corrected chi connectivity index (χ1v) is 6.33. The van der Waals surface area contributed by atoms with Crippen LogP contribution >= 0.6 is 0 Å². The summed E-state index contributed by atoms with van der Waals surface area (Å²) in [4.78, 5) is 13.7. The van der Waals surface area contributed by atoms with Gasteiger partial charge >= 0.3 is 0 Å². The summed E-state index contributed by atoms with van der Waals surface area (Å²) in [5.74, 6) is 0.861. The van der Waals surface area contributed by atoms with Crippen molar-refractivity contribution in [2.45, 2.75) is 52.4 Å². The van der Waals surface area contributed by atoms with Crippen LogP contribution in [0.25, 0.3) is 11.0 Å². The van der Waals surface area contributed by atoms with Crippen LogP contribution in [-0.2, 0) is 10.8 Å². The van der Waals surface area contributed by atoms with Gasteiger partial charge in [0.1, 0.15) is 11.3 Å². The minimum Gasteiger partial charge on any atom is -0.249 e. The average molecular weight is 243 g/mol. The molecule has 3 nitrogen and oxygen atoms in total. The minimum atomic E-state index is -0.0309. The second-order valence-corrected chi connectivity index (χ2v) is 6.79. The Hall–Kier alpha value is -1.51. The van der Waals surface area contributed by atoms with Gasteiger partial charge in [0.15, 0.2) is 0 Å². The summed E-state index contributed by atoms with van der Waals surface area (Å²) >= 11 is 0. The number of pyridine rings is 1. The molecular formula is C15H21N3. The van der Waals surface area contributed by atoms with Gasteiger partial charge in [-0.1, -0.05) is 41.5 Å². The summed E-state index contributed by atoms with van der Waals surface area (Å²) in [7, 11) is 0. The molecule has 0 atom stereocenters. The van der Waals surface area contributed by atoms with E-state index in [1.165, 1.54) is 0 Å². The molecule has 0 N–H and O–H groups in total. The van der Waals surface area contributed by atoms with Gasteiger partial charge in [0.05, 0.1) is 11.7 Å². The summed E-state index contributed by atoms with van der Waals surface area (Å²) in [5, 5.41) is 0. The molecule has 0 aliphatic heterocycles. The second-order valence-electron chi connectivity index (χ2n) is 6.79. The zero-order valence-corrected chi connectivity index (χ0v) is 12.1. The van der Waals surface area contributed by atoms with Crippen LogP contribution < -0.4 is 0 Å². The van der Waals surface area contributed by atoms with Crippen molar-refractivity contribution >= 4 is 11.0 Å². The summed E-state index contributed by atoms with van der Waals surface area (Å²) in [6.45, 7) is 12.8. The number of hydrogen-bond donors (Lipinski definition) is 0. The van der Waals surface area contributed by atoms with Gasteiger partial charge in [-0.05, 0) is 12.1 Å². The Bertz CT molecular complexity index is 521. The first kappa shape index (κ1) is 12.9. The molecule has 0 radical (unpaired) electrons. The minimum absolute atomic E-state index is 0.0309. The van der Waals surface area contributed by atoms with Crippen LogP contribution in [0.4, 0.5) is 0 Å². The molecule has 0 saturated heterocycles.